The van der Waals surface area contributed by atoms with E-state index < -0.39 is 11.5 Å². The summed E-state index contributed by atoms with van der Waals surface area (Å²) in [6.45, 7) is 5.62. The minimum Gasteiger partial charge on any atom is -0.465 e. The maximum atomic E-state index is 11.7. The van der Waals surface area contributed by atoms with Crippen LogP contribution in [0.5, 0.6) is 0 Å². The Balaban J connectivity index is 2.37. The number of rotatable bonds is 2. The summed E-state index contributed by atoms with van der Waals surface area (Å²) in [4.78, 5) is 13.1. The highest BCUT2D eigenvalue weighted by atomic mass is 16.4. The summed E-state index contributed by atoms with van der Waals surface area (Å²) in [5.74, 6) is 0. The number of amides is 1. The van der Waals surface area contributed by atoms with E-state index in [1.807, 2.05) is 45.0 Å². The fourth-order valence-corrected chi connectivity index (χ4v) is 3.07. The second-order valence-electron chi connectivity index (χ2n) is 6.05. The Labute approximate surface area is 119 Å². The summed E-state index contributed by atoms with van der Waals surface area (Å²) in [5, 5.41) is 18.8. The summed E-state index contributed by atoms with van der Waals surface area (Å²) >= 11 is 0. The summed E-state index contributed by atoms with van der Waals surface area (Å²) in [6, 6.07) is 9.79. The van der Waals surface area contributed by atoms with Gasteiger partial charge in [0.25, 0.3) is 0 Å². The fraction of sp³-hybridized carbons (Fsp3) is 0.500. The maximum Gasteiger partial charge on any atom is 0.408 e. The van der Waals surface area contributed by atoms with Crippen LogP contribution in [0.25, 0.3) is 0 Å². The van der Waals surface area contributed by atoms with Crippen molar-refractivity contribution in [3.8, 4) is 6.07 Å². The van der Waals surface area contributed by atoms with Gasteiger partial charge in [-0.25, -0.2) is 4.79 Å². The summed E-state index contributed by atoms with van der Waals surface area (Å²) in [6.07, 6.45) is 0.555. The van der Waals surface area contributed by atoms with Crippen LogP contribution in [0.4, 0.5) is 4.79 Å². The molecule has 0 aromatic heterocycles. The SMILES string of the molecule is Cc1cccc([C@@H]2CC[C@H](C(C)(C)C#N)N2C(=O)O)c1. The van der Waals surface area contributed by atoms with Crippen molar-refractivity contribution >= 4 is 6.09 Å². The van der Waals surface area contributed by atoms with Gasteiger partial charge in [0.1, 0.15) is 0 Å². The van der Waals surface area contributed by atoms with Crippen LogP contribution in [-0.4, -0.2) is 22.1 Å². The van der Waals surface area contributed by atoms with Crippen LogP contribution in [0, 0.1) is 23.7 Å². The van der Waals surface area contributed by atoms with Gasteiger partial charge in [-0.3, -0.25) is 4.90 Å². The minimum atomic E-state index is -0.942. The lowest BCUT2D eigenvalue weighted by atomic mass is 9.85. The van der Waals surface area contributed by atoms with Crippen molar-refractivity contribution in [3.63, 3.8) is 0 Å². The first-order valence-corrected chi connectivity index (χ1v) is 6.86. The zero-order valence-corrected chi connectivity index (χ0v) is 12.1. The molecule has 2 atom stereocenters. The van der Waals surface area contributed by atoms with E-state index in [2.05, 4.69) is 6.07 Å². The molecular weight excluding hydrogens is 252 g/mol. The lowest BCUT2D eigenvalue weighted by Gasteiger charge is -2.34. The highest BCUT2D eigenvalue weighted by Gasteiger charge is 2.45. The van der Waals surface area contributed by atoms with Crippen LogP contribution in [0.1, 0.15) is 43.9 Å². The third-order valence-corrected chi connectivity index (χ3v) is 4.15. The molecule has 0 spiro atoms. The number of likely N-dealkylation sites (tertiary alicyclic amines) is 1. The van der Waals surface area contributed by atoms with Gasteiger partial charge in [-0.1, -0.05) is 29.8 Å². The van der Waals surface area contributed by atoms with Crippen LogP contribution in [0.2, 0.25) is 0 Å². The highest BCUT2D eigenvalue weighted by molar-refractivity contribution is 5.67. The molecule has 1 aliphatic rings. The van der Waals surface area contributed by atoms with Crippen molar-refractivity contribution < 1.29 is 9.90 Å². The van der Waals surface area contributed by atoms with Gasteiger partial charge in [0, 0.05) is 0 Å². The second kappa shape index (κ2) is 5.16. The molecule has 1 fully saturated rings. The first-order valence-electron chi connectivity index (χ1n) is 6.86. The van der Waals surface area contributed by atoms with Crippen LogP contribution in [-0.2, 0) is 0 Å². The van der Waals surface area contributed by atoms with Crippen LogP contribution >= 0.6 is 0 Å². The number of nitrogens with zero attached hydrogens (tertiary/aromatic N) is 2. The zero-order valence-electron chi connectivity index (χ0n) is 12.1. The first-order chi connectivity index (χ1) is 9.36. The third-order valence-electron chi connectivity index (χ3n) is 4.15. The number of hydrogen-bond donors (Lipinski definition) is 1. The van der Waals surface area contributed by atoms with E-state index in [-0.39, 0.29) is 12.1 Å². The molecule has 4 heteroatoms. The highest BCUT2D eigenvalue weighted by Crippen LogP contribution is 2.43. The summed E-state index contributed by atoms with van der Waals surface area (Å²) < 4.78 is 0. The number of hydrogen-bond acceptors (Lipinski definition) is 2. The number of aryl methyl sites for hydroxylation is 1. The molecular formula is C16H20N2O2. The van der Waals surface area contributed by atoms with Gasteiger partial charge in [0.05, 0.1) is 23.6 Å². The third kappa shape index (κ3) is 2.49. The average Bonchev–Trinajstić information content (AvgIpc) is 2.84. The molecule has 4 nitrogen and oxygen atoms in total. The Morgan fingerprint density at radius 1 is 1.45 bits per heavy atom. The summed E-state index contributed by atoms with van der Waals surface area (Å²) in [5.41, 5.74) is 1.47. The number of carbonyl (C=O) groups is 1. The van der Waals surface area contributed by atoms with Gasteiger partial charge in [0.15, 0.2) is 0 Å². The fourth-order valence-electron chi connectivity index (χ4n) is 3.07. The van der Waals surface area contributed by atoms with Gasteiger partial charge in [-0.05, 0) is 39.2 Å². The van der Waals surface area contributed by atoms with Gasteiger partial charge in [-0.2, -0.15) is 5.26 Å². The number of benzene rings is 1. The smallest absolute Gasteiger partial charge is 0.408 e. The molecule has 1 amide bonds. The van der Waals surface area contributed by atoms with E-state index in [0.717, 1.165) is 24.0 Å². The Kier molecular flexibility index (Phi) is 3.71. The van der Waals surface area contributed by atoms with Crippen molar-refractivity contribution in [2.45, 2.75) is 45.7 Å². The van der Waals surface area contributed by atoms with Gasteiger partial charge >= 0.3 is 6.09 Å². The van der Waals surface area contributed by atoms with E-state index in [4.69, 9.17) is 0 Å². The molecule has 106 valence electrons. The van der Waals surface area contributed by atoms with E-state index >= 15 is 0 Å². The average molecular weight is 272 g/mol. The quantitative estimate of drug-likeness (QED) is 0.892. The molecule has 0 saturated carbocycles. The number of carboxylic acid groups (broad SMARTS) is 1. The number of nitriles is 1. The van der Waals surface area contributed by atoms with Crippen molar-refractivity contribution in [3.05, 3.63) is 35.4 Å². The molecule has 0 bridgehead atoms. The molecule has 0 radical (unpaired) electrons. The molecule has 1 heterocycles. The Morgan fingerprint density at radius 2 is 2.15 bits per heavy atom. The van der Waals surface area contributed by atoms with Crippen LogP contribution in [0.15, 0.2) is 24.3 Å². The molecule has 20 heavy (non-hydrogen) atoms. The van der Waals surface area contributed by atoms with E-state index in [0.29, 0.717) is 0 Å². The monoisotopic (exact) mass is 272 g/mol. The van der Waals surface area contributed by atoms with E-state index in [9.17, 15) is 15.2 Å². The largest absolute Gasteiger partial charge is 0.465 e. The Hall–Kier alpha value is -2.02. The maximum absolute atomic E-state index is 11.7. The normalized spacial score (nSPS) is 22.6. The molecule has 1 aromatic rings. The van der Waals surface area contributed by atoms with Crippen molar-refractivity contribution in [2.24, 2.45) is 5.41 Å². The van der Waals surface area contributed by atoms with Crippen molar-refractivity contribution in [1.82, 2.24) is 4.90 Å². The van der Waals surface area contributed by atoms with E-state index in [1.54, 1.807) is 0 Å². The van der Waals surface area contributed by atoms with Crippen LogP contribution in [0.3, 0.4) is 0 Å². The van der Waals surface area contributed by atoms with Gasteiger partial charge in [-0.15, -0.1) is 0 Å². The Morgan fingerprint density at radius 3 is 2.70 bits per heavy atom. The van der Waals surface area contributed by atoms with Crippen LogP contribution < -0.4 is 0 Å². The van der Waals surface area contributed by atoms with Gasteiger partial charge in [0.2, 0.25) is 0 Å². The molecule has 1 N–H and O–H groups in total. The van der Waals surface area contributed by atoms with Gasteiger partial charge < -0.3 is 5.11 Å². The molecule has 1 aromatic carbocycles. The van der Waals surface area contributed by atoms with E-state index in [1.165, 1.54) is 4.90 Å². The zero-order chi connectivity index (χ0) is 14.9. The molecule has 1 aliphatic heterocycles. The first kappa shape index (κ1) is 14.4. The lowest BCUT2D eigenvalue weighted by molar-refractivity contribution is 0.0971. The molecule has 2 rings (SSSR count). The van der Waals surface area contributed by atoms with Crippen molar-refractivity contribution in [1.29, 1.82) is 5.26 Å². The predicted octanol–water partition coefficient (Wildman–Crippen LogP) is 3.73. The standard InChI is InChI=1S/C16H20N2O2/c1-11-5-4-6-12(9-11)13-7-8-14(16(2,3)10-17)18(13)15(19)20/h4-6,9,13-14H,7-8H2,1-3H3,(H,19,20)/t13-,14+/m0/s1. The minimum absolute atomic E-state index is 0.148. The molecule has 0 aliphatic carbocycles. The Bertz CT molecular complexity index is 560. The molecule has 1 saturated heterocycles. The van der Waals surface area contributed by atoms with Crippen molar-refractivity contribution in [2.75, 3.05) is 0 Å². The lowest BCUT2D eigenvalue weighted by Crippen LogP contribution is -2.44. The predicted molar refractivity (Wildman–Crippen MR) is 76.2 cm³/mol. The summed E-state index contributed by atoms with van der Waals surface area (Å²) in [7, 11) is 0. The molecule has 0 unspecified atom stereocenters. The second-order valence-corrected chi connectivity index (χ2v) is 6.05. The topological polar surface area (TPSA) is 64.3 Å².